The first-order chi connectivity index (χ1) is 9.58. The number of nitrogens with zero attached hydrogens (tertiary/aromatic N) is 1. The van der Waals surface area contributed by atoms with Gasteiger partial charge in [0.1, 0.15) is 5.82 Å². The van der Waals surface area contributed by atoms with Crippen LogP contribution in [0.15, 0.2) is 18.2 Å². The number of carbonyl (C=O) groups excluding carboxylic acids is 1. The minimum Gasteiger partial charge on any atom is -0.336 e. The lowest BCUT2D eigenvalue weighted by Crippen LogP contribution is -2.44. The van der Waals surface area contributed by atoms with Crippen molar-refractivity contribution in [3.8, 4) is 0 Å². The molecule has 1 amide bonds. The Morgan fingerprint density at radius 1 is 1.50 bits per heavy atom. The van der Waals surface area contributed by atoms with Gasteiger partial charge in [-0.25, -0.2) is 4.39 Å². The highest BCUT2D eigenvalue weighted by atomic mass is 35.5. The van der Waals surface area contributed by atoms with Crippen molar-refractivity contribution in [3.05, 3.63) is 34.6 Å². The molecule has 0 aromatic heterocycles. The predicted molar refractivity (Wildman–Crippen MR) is 78.3 cm³/mol. The zero-order valence-electron chi connectivity index (χ0n) is 11.6. The lowest BCUT2D eigenvalue weighted by Gasteiger charge is -2.32. The van der Waals surface area contributed by atoms with Crippen LogP contribution >= 0.6 is 11.6 Å². The Kier molecular flexibility index (Phi) is 5.00. The Bertz CT molecular complexity index is 495. The van der Waals surface area contributed by atoms with E-state index < -0.39 is 5.82 Å². The minimum atomic E-state index is -0.528. The lowest BCUT2D eigenvalue weighted by atomic mass is 10.0. The fourth-order valence-corrected chi connectivity index (χ4v) is 3.22. The molecule has 5 heteroatoms. The molecular formula is C15H20ClFN2O. The summed E-state index contributed by atoms with van der Waals surface area (Å²) < 4.78 is 13.9. The maximum absolute atomic E-state index is 13.9. The molecule has 1 saturated carbocycles. The van der Waals surface area contributed by atoms with Crippen LogP contribution in [-0.4, -0.2) is 29.9 Å². The van der Waals surface area contributed by atoms with Crippen molar-refractivity contribution in [2.75, 3.05) is 13.1 Å². The summed E-state index contributed by atoms with van der Waals surface area (Å²) in [5.41, 5.74) is 5.82. The van der Waals surface area contributed by atoms with Gasteiger partial charge in [-0.05, 0) is 50.4 Å². The van der Waals surface area contributed by atoms with Crippen molar-refractivity contribution in [1.29, 1.82) is 0 Å². The van der Waals surface area contributed by atoms with E-state index in [9.17, 15) is 9.18 Å². The summed E-state index contributed by atoms with van der Waals surface area (Å²) >= 11 is 5.87. The largest absolute Gasteiger partial charge is 0.336 e. The molecule has 0 heterocycles. The average Bonchev–Trinajstić information content (AvgIpc) is 2.90. The lowest BCUT2D eigenvalue weighted by molar-refractivity contribution is 0.0647. The molecule has 0 aliphatic heterocycles. The highest BCUT2D eigenvalue weighted by Gasteiger charge is 2.34. The number of nitrogens with two attached hydrogens (primary N) is 1. The number of halogens is 2. The van der Waals surface area contributed by atoms with E-state index in [-0.39, 0.29) is 17.5 Å². The van der Waals surface area contributed by atoms with Crippen LogP contribution in [-0.2, 0) is 0 Å². The summed E-state index contributed by atoms with van der Waals surface area (Å²) in [4.78, 5) is 14.3. The zero-order chi connectivity index (χ0) is 14.7. The van der Waals surface area contributed by atoms with Crippen LogP contribution in [0.5, 0.6) is 0 Å². The molecule has 110 valence electrons. The molecule has 3 nitrogen and oxygen atoms in total. The summed E-state index contributed by atoms with van der Waals surface area (Å²) in [6, 6.07) is 4.19. The quantitative estimate of drug-likeness (QED) is 0.928. The fraction of sp³-hybridized carbons (Fsp3) is 0.533. The third-order valence-corrected chi connectivity index (χ3v) is 4.32. The van der Waals surface area contributed by atoms with Gasteiger partial charge in [0.2, 0.25) is 0 Å². The Hall–Kier alpha value is -1.13. The fourth-order valence-electron chi connectivity index (χ4n) is 3.05. The van der Waals surface area contributed by atoms with E-state index in [0.717, 1.165) is 19.3 Å². The molecule has 1 aliphatic rings. The number of hydrogen-bond donors (Lipinski definition) is 1. The van der Waals surface area contributed by atoms with Crippen molar-refractivity contribution < 1.29 is 9.18 Å². The van der Waals surface area contributed by atoms with Gasteiger partial charge in [0.25, 0.3) is 5.91 Å². The van der Waals surface area contributed by atoms with E-state index >= 15 is 0 Å². The molecule has 0 radical (unpaired) electrons. The van der Waals surface area contributed by atoms with Crippen molar-refractivity contribution in [3.63, 3.8) is 0 Å². The van der Waals surface area contributed by atoms with Gasteiger partial charge >= 0.3 is 0 Å². The van der Waals surface area contributed by atoms with E-state index in [4.69, 9.17) is 17.3 Å². The van der Waals surface area contributed by atoms with Gasteiger partial charge in [0, 0.05) is 17.6 Å². The third-order valence-electron chi connectivity index (χ3n) is 4.08. The van der Waals surface area contributed by atoms with Crippen LogP contribution in [0.1, 0.15) is 36.5 Å². The molecule has 1 fully saturated rings. The number of hydrogen-bond acceptors (Lipinski definition) is 2. The average molecular weight is 299 g/mol. The molecule has 2 rings (SSSR count). The second-order valence-corrected chi connectivity index (χ2v) is 5.65. The van der Waals surface area contributed by atoms with Crippen LogP contribution in [0.3, 0.4) is 0 Å². The molecule has 2 atom stereocenters. The Labute approximate surface area is 123 Å². The summed E-state index contributed by atoms with van der Waals surface area (Å²) in [6.07, 6.45) is 3.03. The van der Waals surface area contributed by atoms with Gasteiger partial charge in [0.05, 0.1) is 5.56 Å². The van der Waals surface area contributed by atoms with E-state index in [0.29, 0.717) is 24.0 Å². The molecule has 20 heavy (non-hydrogen) atoms. The molecule has 0 bridgehead atoms. The second kappa shape index (κ2) is 6.55. The standard InChI is InChI=1S/C15H20ClFN2O/c1-2-19(14-5-3-4-10(14)9-18)15(20)12-8-11(16)6-7-13(12)17/h6-8,10,14H,2-5,9,18H2,1H3. The Morgan fingerprint density at radius 3 is 2.90 bits per heavy atom. The third kappa shape index (κ3) is 2.96. The molecule has 0 saturated heterocycles. The minimum absolute atomic E-state index is 0.0435. The van der Waals surface area contributed by atoms with E-state index in [1.165, 1.54) is 18.2 Å². The molecule has 1 aromatic rings. The predicted octanol–water partition coefficient (Wildman–Crippen LogP) is 3.07. The molecule has 2 unspecified atom stereocenters. The molecule has 1 aromatic carbocycles. The molecule has 2 N–H and O–H groups in total. The molecular weight excluding hydrogens is 279 g/mol. The summed E-state index contributed by atoms with van der Waals surface area (Å²) in [5.74, 6) is -0.515. The number of benzene rings is 1. The number of amides is 1. The first-order valence-corrected chi connectivity index (χ1v) is 7.42. The molecule has 1 aliphatic carbocycles. The van der Waals surface area contributed by atoms with Gasteiger partial charge in [0.15, 0.2) is 0 Å². The van der Waals surface area contributed by atoms with Crippen molar-refractivity contribution in [2.45, 2.75) is 32.2 Å². The van der Waals surface area contributed by atoms with Crippen LogP contribution in [0.25, 0.3) is 0 Å². The van der Waals surface area contributed by atoms with Gasteiger partial charge in [-0.15, -0.1) is 0 Å². The van der Waals surface area contributed by atoms with E-state index in [1.54, 1.807) is 4.90 Å². The summed E-state index contributed by atoms with van der Waals surface area (Å²) in [5, 5.41) is 0.368. The van der Waals surface area contributed by atoms with Crippen molar-refractivity contribution in [2.24, 2.45) is 11.7 Å². The first kappa shape index (κ1) is 15.3. The number of rotatable bonds is 4. The van der Waals surface area contributed by atoms with E-state index in [1.807, 2.05) is 6.92 Å². The van der Waals surface area contributed by atoms with Gasteiger partial charge in [-0.1, -0.05) is 18.0 Å². The van der Waals surface area contributed by atoms with Crippen LogP contribution < -0.4 is 5.73 Å². The van der Waals surface area contributed by atoms with Crippen LogP contribution in [0.2, 0.25) is 5.02 Å². The van der Waals surface area contributed by atoms with Crippen LogP contribution in [0, 0.1) is 11.7 Å². The van der Waals surface area contributed by atoms with Crippen molar-refractivity contribution in [1.82, 2.24) is 4.90 Å². The normalized spacial score (nSPS) is 22.0. The number of carbonyl (C=O) groups is 1. The van der Waals surface area contributed by atoms with Gasteiger partial charge < -0.3 is 10.6 Å². The monoisotopic (exact) mass is 298 g/mol. The molecule has 0 spiro atoms. The zero-order valence-corrected chi connectivity index (χ0v) is 12.4. The second-order valence-electron chi connectivity index (χ2n) is 5.21. The smallest absolute Gasteiger partial charge is 0.257 e. The summed E-state index contributed by atoms with van der Waals surface area (Å²) in [6.45, 7) is 3.02. The Balaban J connectivity index is 2.27. The first-order valence-electron chi connectivity index (χ1n) is 7.04. The van der Waals surface area contributed by atoms with Gasteiger partial charge in [-0.2, -0.15) is 0 Å². The summed E-state index contributed by atoms with van der Waals surface area (Å²) in [7, 11) is 0. The maximum atomic E-state index is 13.9. The van der Waals surface area contributed by atoms with E-state index in [2.05, 4.69) is 0 Å². The van der Waals surface area contributed by atoms with Crippen molar-refractivity contribution >= 4 is 17.5 Å². The highest BCUT2D eigenvalue weighted by Crippen LogP contribution is 2.30. The topological polar surface area (TPSA) is 46.3 Å². The van der Waals surface area contributed by atoms with Gasteiger partial charge in [-0.3, -0.25) is 4.79 Å². The Morgan fingerprint density at radius 2 is 2.25 bits per heavy atom. The maximum Gasteiger partial charge on any atom is 0.257 e. The highest BCUT2D eigenvalue weighted by molar-refractivity contribution is 6.31. The SMILES string of the molecule is CCN(C(=O)c1cc(Cl)ccc1F)C1CCCC1CN. The van der Waals surface area contributed by atoms with Crippen LogP contribution in [0.4, 0.5) is 4.39 Å².